The molecule has 1 heterocycles. The van der Waals surface area contributed by atoms with Gasteiger partial charge in [-0.2, -0.15) is 0 Å². The maximum atomic E-state index is 10.00. The van der Waals surface area contributed by atoms with E-state index in [1.54, 1.807) is 0 Å². The van der Waals surface area contributed by atoms with E-state index >= 15 is 0 Å². The van der Waals surface area contributed by atoms with E-state index in [0.717, 1.165) is 25.4 Å². The van der Waals surface area contributed by atoms with E-state index in [9.17, 15) is 5.11 Å². The number of aliphatic hydroxyl groups excluding tert-OH is 1. The number of hydrogen-bond acceptors (Lipinski definition) is 4. The van der Waals surface area contributed by atoms with Crippen LogP contribution in [0.25, 0.3) is 0 Å². The molecule has 1 saturated carbocycles. The van der Waals surface area contributed by atoms with E-state index in [1.165, 1.54) is 38.5 Å². The molecule has 2 aliphatic rings. The molecule has 0 radical (unpaired) electrons. The van der Waals surface area contributed by atoms with E-state index in [1.807, 2.05) is 0 Å². The number of hydrogen-bond donors (Lipinski definition) is 2. The first-order chi connectivity index (χ1) is 10.3. The van der Waals surface area contributed by atoms with Gasteiger partial charge in [0.05, 0.1) is 25.4 Å². The first-order valence-corrected chi connectivity index (χ1v) is 8.86. The number of aliphatic hydroxyl groups is 1. The molecule has 124 valence electrons. The fraction of sp³-hybridized carbons (Fsp3) is 1.00. The minimum absolute atomic E-state index is 0.245. The highest BCUT2D eigenvalue weighted by Gasteiger charge is 2.20. The molecular formula is C17H33NO3. The van der Waals surface area contributed by atoms with Crippen LogP contribution in [0.15, 0.2) is 0 Å². The first kappa shape index (κ1) is 17.2. The summed E-state index contributed by atoms with van der Waals surface area (Å²) >= 11 is 0. The molecule has 1 aliphatic carbocycles. The van der Waals surface area contributed by atoms with Crippen LogP contribution in [0.4, 0.5) is 0 Å². The number of rotatable bonds is 8. The number of ether oxygens (including phenoxy) is 2. The molecule has 1 saturated heterocycles. The van der Waals surface area contributed by atoms with Crippen molar-refractivity contribution in [2.45, 2.75) is 76.5 Å². The molecule has 0 bridgehead atoms. The average Bonchev–Trinajstić information content (AvgIpc) is 2.85. The van der Waals surface area contributed by atoms with Crippen LogP contribution in [0.2, 0.25) is 0 Å². The van der Waals surface area contributed by atoms with Crippen molar-refractivity contribution in [1.82, 2.24) is 5.32 Å². The second kappa shape index (κ2) is 9.78. The van der Waals surface area contributed by atoms with E-state index in [-0.39, 0.29) is 6.10 Å². The van der Waals surface area contributed by atoms with E-state index in [4.69, 9.17) is 9.47 Å². The van der Waals surface area contributed by atoms with Gasteiger partial charge in [-0.3, -0.25) is 0 Å². The minimum atomic E-state index is -0.417. The Balaban J connectivity index is 1.53. The van der Waals surface area contributed by atoms with E-state index in [2.05, 4.69) is 12.2 Å². The SMILES string of the molecule is C[C@@H](NCC(O)COCC1CCCO1)C1CCCCCC1. The third-order valence-electron chi connectivity index (χ3n) is 4.92. The van der Waals surface area contributed by atoms with Crippen molar-refractivity contribution >= 4 is 0 Å². The van der Waals surface area contributed by atoms with Gasteiger partial charge in [-0.15, -0.1) is 0 Å². The van der Waals surface area contributed by atoms with Crippen molar-refractivity contribution in [3.05, 3.63) is 0 Å². The molecule has 4 nitrogen and oxygen atoms in total. The molecule has 21 heavy (non-hydrogen) atoms. The van der Waals surface area contributed by atoms with Gasteiger partial charge in [0, 0.05) is 19.2 Å². The summed E-state index contributed by atoms with van der Waals surface area (Å²) in [6.45, 7) is 4.77. The van der Waals surface area contributed by atoms with Crippen molar-refractivity contribution in [3.8, 4) is 0 Å². The van der Waals surface area contributed by atoms with Gasteiger partial charge in [-0.25, -0.2) is 0 Å². The topological polar surface area (TPSA) is 50.7 Å². The third kappa shape index (κ3) is 6.64. The predicted octanol–water partition coefficient (Wildman–Crippen LogP) is 2.49. The fourth-order valence-corrected chi connectivity index (χ4v) is 3.47. The monoisotopic (exact) mass is 299 g/mol. The summed E-state index contributed by atoms with van der Waals surface area (Å²) in [5.74, 6) is 0.771. The summed E-state index contributed by atoms with van der Waals surface area (Å²) in [6, 6.07) is 0.496. The van der Waals surface area contributed by atoms with Crippen molar-refractivity contribution in [2.75, 3.05) is 26.4 Å². The van der Waals surface area contributed by atoms with Crippen LogP contribution in [-0.4, -0.2) is 49.7 Å². The quantitative estimate of drug-likeness (QED) is 0.676. The van der Waals surface area contributed by atoms with Crippen LogP contribution >= 0.6 is 0 Å². The van der Waals surface area contributed by atoms with E-state index in [0.29, 0.717) is 25.8 Å². The lowest BCUT2D eigenvalue weighted by molar-refractivity contribution is -0.0172. The Labute approximate surface area is 129 Å². The van der Waals surface area contributed by atoms with Gasteiger partial charge >= 0.3 is 0 Å². The van der Waals surface area contributed by atoms with Crippen LogP contribution in [0, 0.1) is 5.92 Å². The lowest BCUT2D eigenvalue weighted by Crippen LogP contribution is -2.40. The van der Waals surface area contributed by atoms with Gasteiger partial charge in [0.2, 0.25) is 0 Å². The predicted molar refractivity (Wildman–Crippen MR) is 84.5 cm³/mol. The maximum Gasteiger partial charge on any atom is 0.0897 e. The number of nitrogens with one attached hydrogen (secondary N) is 1. The Kier molecular flexibility index (Phi) is 8.01. The largest absolute Gasteiger partial charge is 0.389 e. The van der Waals surface area contributed by atoms with Crippen LogP contribution in [0.3, 0.4) is 0 Å². The standard InChI is InChI=1S/C17H33NO3/c1-14(15-7-4-2-3-5-8-15)18-11-16(19)12-20-13-17-9-6-10-21-17/h14-19H,2-13H2,1H3/t14-,16?,17?/m1/s1. The second-order valence-electron chi connectivity index (χ2n) is 6.77. The zero-order valence-electron chi connectivity index (χ0n) is 13.6. The molecule has 0 aromatic heterocycles. The summed E-state index contributed by atoms with van der Waals surface area (Å²) < 4.78 is 11.1. The lowest BCUT2D eigenvalue weighted by atomic mass is 9.93. The van der Waals surface area contributed by atoms with Gasteiger partial charge < -0.3 is 19.9 Å². The van der Waals surface area contributed by atoms with Crippen LogP contribution < -0.4 is 5.32 Å². The molecule has 4 heteroatoms. The minimum Gasteiger partial charge on any atom is -0.389 e. The highest BCUT2D eigenvalue weighted by atomic mass is 16.5. The highest BCUT2D eigenvalue weighted by molar-refractivity contribution is 4.76. The second-order valence-corrected chi connectivity index (χ2v) is 6.77. The Morgan fingerprint density at radius 2 is 1.90 bits per heavy atom. The molecule has 3 atom stereocenters. The summed E-state index contributed by atoms with van der Waals surface area (Å²) in [6.07, 6.45) is 10.2. The van der Waals surface area contributed by atoms with Crippen molar-refractivity contribution < 1.29 is 14.6 Å². The van der Waals surface area contributed by atoms with Crippen molar-refractivity contribution in [1.29, 1.82) is 0 Å². The molecule has 2 N–H and O–H groups in total. The summed E-state index contributed by atoms with van der Waals surface area (Å²) in [5, 5.41) is 13.5. The molecule has 0 amide bonds. The molecule has 2 unspecified atom stereocenters. The van der Waals surface area contributed by atoms with Crippen LogP contribution in [-0.2, 0) is 9.47 Å². The van der Waals surface area contributed by atoms with Gasteiger partial charge in [0.25, 0.3) is 0 Å². The zero-order valence-corrected chi connectivity index (χ0v) is 13.6. The van der Waals surface area contributed by atoms with Crippen molar-refractivity contribution in [2.24, 2.45) is 5.92 Å². The zero-order chi connectivity index (χ0) is 14.9. The van der Waals surface area contributed by atoms with Gasteiger partial charge in [-0.05, 0) is 38.5 Å². The Bertz CT molecular complexity index is 261. The summed E-state index contributed by atoms with van der Waals surface area (Å²) in [7, 11) is 0. The van der Waals surface area contributed by atoms with Gasteiger partial charge in [0.15, 0.2) is 0 Å². The average molecular weight is 299 g/mol. The Hall–Kier alpha value is -0.160. The third-order valence-corrected chi connectivity index (χ3v) is 4.92. The van der Waals surface area contributed by atoms with Crippen LogP contribution in [0.5, 0.6) is 0 Å². The molecule has 0 aromatic rings. The molecule has 0 spiro atoms. The van der Waals surface area contributed by atoms with Crippen LogP contribution in [0.1, 0.15) is 58.3 Å². The van der Waals surface area contributed by atoms with Gasteiger partial charge in [0.1, 0.15) is 0 Å². The molecular weight excluding hydrogens is 266 g/mol. The molecule has 2 fully saturated rings. The summed E-state index contributed by atoms with van der Waals surface area (Å²) in [4.78, 5) is 0. The van der Waals surface area contributed by atoms with Gasteiger partial charge in [-0.1, -0.05) is 25.7 Å². The smallest absolute Gasteiger partial charge is 0.0897 e. The maximum absolute atomic E-state index is 10.00. The normalized spacial score (nSPS) is 27.4. The summed E-state index contributed by atoms with van der Waals surface area (Å²) in [5.41, 5.74) is 0. The molecule has 1 aliphatic heterocycles. The fourth-order valence-electron chi connectivity index (χ4n) is 3.47. The van der Waals surface area contributed by atoms with Crippen molar-refractivity contribution in [3.63, 3.8) is 0 Å². The first-order valence-electron chi connectivity index (χ1n) is 8.86. The lowest BCUT2D eigenvalue weighted by Gasteiger charge is -2.25. The van der Waals surface area contributed by atoms with E-state index < -0.39 is 6.10 Å². The molecule has 0 aromatic carbocycles. The Morgan fingerprint density at radius 1 is 1.14 bits per heavy atom. The molecule has 2 rings (SSSR count). The Morgan fingerprint density at radius 3 is 2.57 bits per heavy atom. The highest BCUT2D eigenvalue weighted by Crippen LogP contribution is 2.25.